The Bertz CT molecular complexity index is 266. The zero-order valence-corrected chi connectivity index (χ0v) is 7.86. The third kappa shape index (κ3) is 4.12. The fraction of sp³-hybridized carbons (Fsp3) is 0.333. The summed E-state index contributed by atoms with van der Waals surface area (Å²) in [5.74, 6) is 0.432. The lowest BCUT2D eigenvalue weighted by Gasteiger charge is -2.01. The fourth-order valence-corrected chi connectivity index (χ4v) is 1.80. The number of anilines is 1. The van der Waals surface area contributed by atoms with E-state index >= 15 is 0 Å². The minimum Gasteiger partial charge on any atom is -0.399 e. The van der Waals surface area contributed by atoms with E-state index in [1.54, 1.807) is 12.1 Å². The van der Waals surface area contributed by atoms with E-state index in [4.69, 9.17) is 5.73 Å². The molecule has 1 aromatic rings. The molecule has 0 saturated carbocycles. The molecule has 1 aromatic carbocycles. The topological polar surface area (TPSA) is 26.0 Å². The molecule has 4 heteroatoms. The summed E-state index contributed by atoms with van der Waals surface area (Å²) in [5.41, 5.74) is 6.20. The average Bonchev–Trinajstić information content (AvgIpc) is 2.03. The van der Waals surface area contributed by atoms with Gasteiger partial charge in [0.1, 0.15) is 0 Å². The van der Waals surface area contributed by atoms with Crippen molar-refractivity contribution in [2.75, 3.05) is 11.5 Å². The molecule has 0 amide bonds. The Kier molecular flexibility index (Phi) is 4.02. The normalized spacial score (nSPS) is 10.7. The highest BCUT2D eigenvalue weighted by Crippen LogP contribution is 2.21. The van der Waals surface area contributed by atoms with E-state index in [0.717, 1.165) is 4.90 Å². The highest BCUT2D eigenvalue weighted by Gasteiger charge is 2.02. The van der Waals surface area contributed by atoms with E-state index in [0.29, 0.717) is 11.4 Å². The Labute approximate surface area is 80.3 Å². The van der Waals surface area contributed by atoms with Crippen LogP contribution in [0.2, 0.25) is 0 Å². The van der Waals surface area contributed by atoms with Gasteiger partial charge in [-0.15, -0.1) is 11.8 Å². The predicted octanol–water partition coefficient (Wildman–Crippen LogP) is 3.02. The average molecular weight is 203 g/mol. The molecule has 0 fully saturated rings. The summed E-state index contributed by atoms with van der Waals surface area (Å²) in [4.78, 5) is 0.945. The van der Waals surface area contributed by atoms with Crippen molar-refractivity contribution < 1.29 is 8.78 Å². The molecule has 72 valence electrons. The number of nitrogens with two attached hydrogens (primary N) is 1. The molecule has 0 unspecified atom stereocenters. The van der Waals surface area contributed by atoms with Crippen LogP contribution in [0.5, 0.6) is 0 Å². The molecular weight excluding hydrogens is 192 g/mol. The minimum atomic E-state index is -2.21. The Hall–Kier alpha value is -0.770. The van der Waals surface area contributed by atoms with Gasteiger partial charge in [-0.1, -0.05) is 6.07 Å². The Morgan fingerprint density at radius 2 is 2.15 bits per heavy atom. The highest BCUT2D eigenvalue weighted by molar-refractivity contribution is 7.99. The highest BCUT2D eigenvalue weighted by atomic mass is 32.2. The Morgan fingerprint density at radius 3 is 2.77 bits per heavy atom. The van der Waals surface area contributed by atoms with Crippen LogP contribution in [0.25, 0.3) is 0 Å². The molecule has 0 aromatic heterocycles. The van der Waals surface area contributed by atoms with Crippen LogP contribution < -0.4 is 5.73 Å². The van der Waals surface area contributed by atoms with Gasteiger partial charge < -0.3 is 5.73 Å². The molecule has 13 heavy (non-hydrogen) atoms. The summed E-state index contributed by atoms with van der Waals surface area (Å²) in [6.07, 6.45) is -2.28. The van der Waals surface area contributed by atoms with E-state index < -0.39 is 6.43 Å². The maximum Gasteiger partial charge on any atom is 0.239 e. The quantitative estimate of drug-likeness (QED) is 0.601. The van der Waals surface area contributed by atoms with E-state index in [1.807, 2.05) is 12.1 Å². The second-order valence-electron chi connectivity index (χ2n) is 2.60. The first-order chi connectivity index (χ1) is 6.18. The van der Waals surface area contributed by atoms with Crippen molar-refractivity contribution in [3.05, 3.63) is 24.3 Å². The zero-order valence-electron chi connectivity index (χ0n) is 7.04. The van der Waals surface area contributed by atoms with Gasteiger partial charge in [0.15, 0.2) is 0 Å². The number of halogens is 2. The van der Waals surface area contributed by atoms with Crippen molar-refractivity contribution in [3.8, 4) is 0 Å². The van der Waals surface area contributed by atoms with E-state index in [1.165, 1.54) is 11.8 Å². The maximum absolute atomic E-state index is 11.8. The molecule has 0 bridgehead atoms. The van der Waals surface area contributed by atoms with Crippen LogP contribution in [0.3, 0.4) is 0 Å². The van der Waals surface area contributed by atoms with Crippen molar-refractivity contribution in [1.82, 2.24) is 0 Å². The molecule has 0 aliphatic carbocycles. The van der Waals surface area contributed by atoms with Crippen LogP contribution in [0.1, 0.15) is 6.42 Å². The minimum absolute atomic E-state index is 0.0700. The molecule has 1 rings (SSSR count). The number of alkyl halides is 2. The van der Waals surface area contributed by atoms with Crippen LogP contribution in [0.4, 0.5) is 14.5 Å². The van der Waals surface area contributed by atoms with Crippen LogP contribution >= 0.6 is 11.8 Å². The van der Waals surface area contributed by atoms with E-state index in [9.17, 15) is 8.78 Å². The fourth-order valence-electron chi connectivity index (χ4n) is 0.870. The lowest BCUT2D eigenvalue weighted by atomic mass is 10.3. The molecule has 0 saturated heterocycles. The van der Waals surface area contributed by atoms with Crippen LogP contribution in [0.15, 0.2) is 29.2 Å². The lowest BCUT2D eigenvalue weighted by Crippen LogP contribution is -1.92. The standard InChI is InChI=1S/C9H11F2NS/c10-9(11)4-5-13-8-3-1-2-7(12)6-8/h1-3,6,9H,4-5,12H2. The van der Waals surface area contributed by atoms with Crippen LogP contribution in [0, 0.1) is 0 Å². The number of hydrogen-bond acceptors (Lipinski definition) is 2. The third-order valence-corrected chi connectivity index (χ3v) is 2.49. The van der Waals surface area contributed by atoms with Crippen LogP contribution in [-0.4, -0.2) is 12.2 Å². The first-order valence-electron chi connectivity index (χ1n) is 3.95. The van der Waals surface area contributed by atoms with Gasteiger partial charge in [0.25, 0.3) is 0 Å². The Morgan fingerprint density at radius 1 is 1.38 bits per heavy atom. The van der Waals surface area contributed by atoms with Gasteiger partial charge in [-0.05, 0) is 18.2 Å². The van der Waals surface area contributed by atoms with E-state index in [-0.39, 0.29) is 6.42 Å². The molecule has 0 radical (unpaired) electrons. The predicted molar refractivity (Wildman–Crippen MR) is 52.2 cm³/mol. The molecular formula is C9H11F2NS. The number of hydrogen-bond donors (Lipinski definition) is 1. The second-order valence-corrected chi connectivity index (χ2v) is 3.77. The van der Waals surface area contributed by atoms with Gasteiger partial charge in [0, 0.05) is 22.8 Å². The van der Waals surface area contributed by atoms with Crippen molar-refractivity contribution in [1.29, 1.82) is 0 Å². The molecule has 0 aliphatic heterocycles. The summed E-state index contributed by atoms with van der Waals surface area (Å²) in [6, 6.07) is 7.25. The number of nitrogen functional groups attached to an aromatic ring is 1. The number of thioether (sulfide) groups is 1. The molecule has 2 N–H and O–H groups in total. The second kappa shape index (κ2) is 5.07. The first kappa shape index (κ1) is 10.3. The number of rotatable bonds is 4. The molecule has 1 nitrogen and oxygen atoms in total. The SMILES string of the molecule is Nc1cccc(SCCC(F)F)c1. The van der Waals surface area contributed by atoms with Gasteiger partial charge in [0.05, 0.1) is 0 Å². The zero-order chi connectivity index (χ0) is 9.68. The summed E-state index contributed by atoms with van der Waals surface area (Å²) >= 11 is 1.40. The van der Waals surface area contributed by atoms with Crippen molar-refractivity contribution in [3.63, 3.8) is 0 Å². The summed E-state index contributed by atoms with van der Waals surface area (Å²) in [6.45, 7) is 0. The van der Waals surface area contributed by atoms with Crippen LogP contribution in [-0.2, 0) is 0 Å². The van der Waals surface area contributed by atoms with Crippen molar-refractivity contribution >= 4 is 17.4 Å². The summed E-state index contributed by atoms with van der Waals surface area (Å²) in [7, 11) is 0. The number of benzene rings is 1. The van der Waals surface area contributed by atoms with Gasteiger partial charge >= 0.3 is 0 Å². The smallest absolute Gasteiger partial charge is 0.239 e. The van der Waals surface area contributed by atoms with Gasteiger partial charge in [-0.2, -0.15) is 0 Å². The first-order valence-corrected chi connectivity index (χ1v) is 4.93. The van der Waals surface area contributed by atoms with Gasteiger partial charge in [0.2, 0.25) is 6.43 Å². The van der Waals surface area contributed by atoms with Crippen molar-refractivity contribution in [2.24, 2.45) is 0 Å². The molecule has 0 heterocycles. The third-order valence-electron chi connectivity index (χ3n) is 1.46. The molecule has 0 aliphatic rings. The monoisotopic (exact) mass is 203 g/mol. The van der Waals surface area contributed by atoms with Gasteiger partial charge in [-0.3, -0.25) is 0 Å². The lowest BCUT2D eigenvalue weighted by molar-refractivity contribution is 0.145. The maximum atomic E-state index is 11.8. The van der Waals surface area contributed by atoms with E-state index in [2.05, 4.69) is 0 Å². The summed E-state index contributed by atoms with van der Waals surface area (Å²) < 4.78 is 23.6. The largest absolute Gasteiger partial charge is 0.399 e. The molecule has 0 spiro atoms. The van der Waals surface area contributed by atoms with Gasteiger partial charge in [-0.25, -0.2) is 8.78 Å². The Balaban J connectivity index is 2.37. The van der Waals surface area contributed by atoms with Crippen molar-refractivity contribution in [2.45, 2.75) is 17.7 Å². The molecule has 0 atom stereocenters. The summed E-state index contributed by atoms with van der Waals surface area (Å²) in [5, 5.41) is 0.